The molecule has 0 aromatic rings. The van der Waals surface area contributed by atoms with Crippen molar-refractivity contribution in [2.75, 3.05) is 33.8 Å². The molecular formula is C34H55N3O9. The average molecular weight is 650 g/mol. The van der Waals surface area contributed by atoms with Crippen LogP contribution in [0.25, 0.3) is 0 Å². The maximum atomic E-state index is 14.2. The molecule has 0 aromatic carbocycles. The topological polar surface area (TPSA) is 136 Å². The van der Waals surface area contributed by atoms with Crippen LogP contribution in [0.1, 0.15) is 68.2 Å². The van der Waals surface area contributed by atoms with Crippen molar-refractivity contribution in [3.8, 4) is 0 Å². The number of carbonyl (C=O) groups excluding carboxylic acids is 3. The second-order valence-corrected chi connectivity index (χ2v) is 14.4. The lowest BCUT2D eigenvalue weighted by atomic mass is 9.73. The van der Waals surface area contributed by atoms with Gasteiger partial charge in [-0.3, -0.25) is 19.5 Å². The predicted octanol–water partition coefficient (Wildman–Crippen LogP) is 3.24. The highest BCUT2D eigenvalue weighted by Gasteiger charge is 2.59. The van der Waals surface area contributed by atoms with E-state index in [1.165, 1.54) is 6.92 Å². The number of likely N-dealkylation sites (N-methyl/N-ethyl adjacent to an activating group) is 1. The number of Topliss-reactive ketones (excluding diaryl/α,β-unsaturated/α-hetero) is 1. The summed E-state index contributed by atoms with van der Waals surface area (Å²) in [4.78, 5) is 49.5. The molecular weight excluding hydrogens is 594 g/mol. The van der Waals surface area contributed by atoms with Gasteiger partial charge in [0.25, 0.3) is 0 Å². The Bertz CT molecular complexity index is 1190. The third-order valence-electron chi connectivity index (χ3n) is 10.7. The van der Waals surface area contributed by atoms with Crippen LogP contribution in [-0.4, -0.2) is 126 Å². The van der Waals surface area contributed by atoms with Gasteiger partial charge in [-0.2, -0.15) is 0 Å². The van der Waals surface area contributed by atoms with Gasteiger partial charge < -0.3 is 33.7 Å². The van der Waals surface area contributed by atoms with Crippen LogP contribution in [0.5, 0.6) is 0 Å². The Kier molecular flexibility index (Phi) is 11.1. The van der Waals surface area contributed by atoms with Crippen molar-refractivity contribution in [2.45, 2.75) is 122 Å². The Balaban J connectivity index is 1.83. The van der Waals surface area contributed by atoms with Gasteiger partial charge >= 0.3 is 12.1 Å². The number of amides is 1. The monoisotopic (exact) mass is 649 g/mol. The van der Waals surface area contributed by atoms with Crippen LogP contribution in [0.15, 0.2) is 17.6 Å². The zero-order chi connectivity index (χ0) is 34.3. The molecule has 2 bridgehead atoms. The number of cyclic esters (lactones) is 1. The SMILES string of the molecule is C=CCO[C@@]1(C)C[C@@H](C)C2=NCCN3C(=O)O[C@@](C)(C3[C@H]2C)[C@@H](C)OC(=O)[C@H](C)C(=O)[C@H](C)[C@H]1O[C@H]1O[C@@H](C)C[C@@H](N(C)C)C1O. The molecule has 0 saturated carbocycles. The van der Waals surface area contributed by atoms with Crippen molar-refractivity contribution in [2.24, 2.45) is 28.7 Å². The van der Waals surface area contributed by atoms with E-state index in [1.54, 1.807) is 31.7 Å². The molecule has 260 valence electrons. The summed E-state index contributed by atoms with van der Waals surface area (Å²) < 4.78 is 31.3. The van der Waals surface area contributed by atoms with Crippen LogP contribution < -0.4 is 0 Å². The number of rotatable bonds is 6. The molecule has 46 heavy (non-hydrogen) atoms. The molecule has 3 saturated heterocycles. The van der Waals surface area contributed by atoms with Gasteiger partial charge in [0, 0.05) is 30.1 Å². The van der Waals surface area contributed by atoms with Gasteiger partial charge in [0.05, 0.1) is 37.0 Å². The van der Waals surface area contributed by atoms with E-state index in [-0.39, 0.29) is 30.6 Å². The maximum Gasteiger partial charge on any atom is 0.410 e. The van der Waals surface area contributed by atoms with E-state index >= 15 is 0 Å². The number of ketones is 1. The predicted molar refractivity (Wildman–Crippen MR) is 171 cm³/mol. The summed E-state index contributed by atoms with van der Waals surface area (Å²) in [6, 6.07) is -0.690. The number of aliphatic hydroxyl groups is 1. The van der Waals surface area contributed by atoms with Crippen molar-refractivity contribution in [1.29, 1.82) is 0 Å². The molecule has 4 aliphatic heterocycles. The largest absolute Gasteiger partial charge is 0.458 e. The summed E-state index contributed by atoms with van der Waals surface area (Å²) in [5, 5.41) is 11.4. The molecule has 0 spiro atoms. The lowest BCUT2D eigenvalue weighted by molar-refractivity contribution is -0.296. The Morgan fingerprint density at radius 3 is 2.41 bits per heavy atom. The van der Waals surface area contributed by atoms with E-state index in [0.717, 1.165) is 5.71 Å². The molecule has 13 atom stereocenters. The van der Waals surface area contributed by atoms with E-state index in [0.29, 0.717) is 25.9 Å². The third kappa shape index (κ3) is 6.78. The lowest BCUT2D eigenvalue weighted by Gasteiger charge is -2.47. The van der Waals surface area contributed by atoms with E-state index in [9.17, 15) is 19.5 Å². The lowest BCUT2D eigenvalue weighted by Crippen LogP contribution is -2.60. The first-order valence-corrected chi connectivity index (χ1v) is 16.6. The summed E-state index contributed by atoms with van der Waals surface area (Å²) in [7, 11) is 3.79. The average Bonchev–Trinajstić information content (AvgIpc) is 3.12. The molecule has 2 unspecified atom stereocenters. The summed E-state index contributed by atoms with van der Waals surface area (Å²) in [6.45, 7) is 19.4. The van der Waals surface area contributed by atoms with E-state index in [4.69, 9.17) is 28.7 Å². The fourth-order valence-electron chi connectivity index (χ4n) is 8.11. The number of carbonyl (C=O) groups is 3. The van der Waals surface area contributed by atoms with Crippen molar-refractivity contribution in [1.82, 2.24) is 9.80 Å². The number of hydrogen-bond donors (Lipinski definition) is 1. The number of ether oxygens (including phenoxy) is 5. The van der Waals surface area contributed by atoms with Gasteiger partial charge in [0.15, 0.2) is 17.7 Å². The molecule has 4 rings (SSSR count). The van der Waals surface area contributed by atoms with Crippen LogP contribution in [-0.2, 0) is 33.3 Å². The molecule has 1 amide bonds. The van der Waals surface area contributed by atoms with Gasteiger partial charge in [0.2, 0.25) is 0 Å². The zero-order valence-corrected chi connectivity index (χ0v) is 29.2. The number of nitrogens with zero attached hydrogens (tertiary/aromatic N) is 3. The van der Waals surface area contributed by atoms with Gasteiger partial charge in [-0.25, -0.2) is 4.79 Å². The highest BCUT2D eigenvalue weighted by molar-refractivity contribution is 6.00. The normalized spacial score (nSPS) is 44.2. The van der Waals surface area contributed by atoms with Crippen LogP contribution in [0.4, 0.5) is 4.79 Å². The minimum absolute atomic E-state index is 0.169. The Hall–Kier alpha value is -2.38. The fourth-order valence-corrected chi connectivity index (χ4v) is 8.11. The van der Waals surface area contributed by atoms with Crippen LogP contribution in [0.2, 0.25) is 0 Å². The first-order valence-electron chi connectivity index (χ1n) is 16.6. The standard InChI is InChI=1S/C34H55N3O9/c1-12-15-42-33(8)17-18(2)25-20(4)28-34(9,46-32(41)37(28)14-13-35-25)23(7)44-30(40)22(6)26(38)21(5)29(33)45-31-27(39)24(36(10)11)16-19(3)43-31/h12,18-24,27-29,31,39H,1,13-17H2,2-11H3/t18-,19+,20+,21+,22-,23-,24-,27?,28?,29-,31-,33+,34-/m1/s1. The van der Waals surface area contributed by atoms with E-state index < -0.39 is 71.5 Å². The van der Waals surface area contributed by atoms with Crippen molar-refractivity contribution < 1.29 is 43.2 Å². The summed E-state index contributed by atoms with van der Waals surface area (Å²) in [5.41, 5.74) is -1.42. The molecule has 4 aliphatic rings. The number of aliphatic hydroxyl groups excluding tert-OH is 1. The minimum atomic E-state index is -1.17. The van der Waals surface area contributed by atoms with Crippen molar-refractivity contribution in [3.63, 3.8) is 0 Å². The first kappa shape index (κ1) is 36.5. The van der Waals surface area contributed by atoms with Gasteiger partial charge in [0.1, 0.15) is 18.1 Å². The molecule has 0 radical (unpaired) electrons. The third-order valence-corrected chi connectivity index (χ3v) is 10.7. The van der Waals surface area contributed by atoms with Gasteiger partial charge in [-0.1, -0.05) is 26.8 Å². The highest BCUT2D eigenvalue weighted by atomic mass is 16.7. The molecule has 0 aromatic heterocycles. The Labute approximate surface area is 273 Å². The van der Waals surface area contributed by atoms with Gasteiger partial charge in [-0.05, 0) is 67.5 Å². The number of fused-ring (bicyclic) bond motifs is 1. The summed E-state index contributed by atoms with van der Waals surface area (Å²) in [5.74, 6) is -3.57. The summed E-state index contributed by atoms with van der Waals surface area (Å²) >= 11 is 0. The Morgan fingerprint density at radius 2 is 1.78 bits per heavy atom. The van der Waals surface area contributed by atoms with Gasteiger partial charge in [-0.15, -0.1) is 6.58 Å². The number of aliphatic imine (C=N–C) groups is 1. The highest BCUT2D eigenvalue weighted by Crippen LogP contribution is 2.43. The maximum absolute atomic E-state index is 14.2. The smallest absolute Gasteiger partial charge is 0.410 e. The van der Waals surface area contributed by atoms with Crippen LogP contribution >= 0.6 is 0 Å². The second-order valence-electron chi connectivity index (χ2n) is 14.4. The van der Waals surface area contributed by atoms with E-state index in [1.807, 2.05) is 39.8 Å². The van der Waals surface area contributed by atoms with Crippen LogP contribution in [0.3, 0.4) is 0 Å². The molecule has 12 heteroatoms. The molecule has 1 N–H and O–H groups in total. The molecule has 4 heterocycles. The van der Waals surface area contributed by atoms with E-state index in [2.05, 4.69) is 13.5 Å². The zero-order valence-electron chi connectivity index (χ0n) is 29.2. The minimum Gasteiger partial charge on any atom is -0.458 e. The fraction of sp³-hybridized carbons (Fsp3) is 0.824. The quantitative estimate of drug-likeness (QED) is 0.260. The molecule has 0 aliphatic carbocycles. The number of esters is 1. The molecule has 12 nitrogen and oxygen atoms in total. The van der Waals surface area contributed by atoms with Crippen LogP contribution in [0, 0.1) is 23.7 Å². The molecule has 3 fully saturated rings. The number of hydrogen-bond acceptors (Lipinski definition) is 11. The first-order chi connectivity index (χ1) is 21.5. The van der Waals surface area contributed by atoms with Crippen molar-refractivity contribution >= 4 is 23.6 Å². The second kappa shape index (κ2) is 14.0. The Morgan fingerprint density at radius 1 is 1.11 bits per heavy atom. The summed E-state index contributed by atoms with van der Waals surface area (Å²) in [6.07, 6.45) is -1.89. The van der Waals surface area contributed by atoms with Crippen molar-refractivity contribution in [3.05, 3.63) is 12.7 Å².